The second kappa shape index (κ2) is 9.25. The average Bonchev–Trinajstić information content (AvgIpc) is 2.44. The lowest BCUT2D eigenvalue weighted by Gasteiger charge is -2.10. The first-order valence-electron chi connectivity index (χ1n) is 6.85. The molecule has 0 saturated heterocycles. The standard InChI is InChI=1S/C14H22FN3O2/c1-3-16-13-12(9-11(15)10-18-13)14(19)17-7-5-4-6-8-20-2/h9-10H,3-8H2,1-2H3,(H,16,18)(H,17,19). The Kier molecular flexibility index (Phi) is 7.57. The van der Waals surface area contributed by atoms with Crippen LogP contribution in [0, 0.1) is 5.82 Å². The first kappa shape index (κ1) is 16.4. The largest absolute Gasteiger partial charge is 0.385 e. The van der Waals surface area contributed by atoms with Gasteiger partial charge in [-0.3, -0.25) is 4.79 Å². The zero-order chi connectivity index (χ0) is 14.8. The predicted octanol–water partition coefficient (Wildman–Crippen LogP) is 2.20. The SMILES string of the molecule is CCNc1ncc(F)cc1C(=O)NCCCCCOC. The number of rotatable bonds is 9. The fourth-order valence-corrected chi connectivity index (χ4v) is 1.77. The van der Waals surface area contributed by atoms with Gasteiger partial charge >= 0.3 is 0 Å². The van der Waals surface area contributed by atoms with Crippen LogP contribution in [0.15, 0.2) is 12.3 Å². The van der Waals surface area contributed by atoms with Crippen LogP contribution in [0.5, 0.6) is 0 Å². The first-order valence-corrected chi connectivity index (χ1v) is 6.85. The monoisotopic (exact) mass is 283 g/mol. The minimum atomic E-state index is -0.517. The predicted molar refractivity (Wildman–Crippen MR) is 76.4 cm³/mol. The highest BCUT2D eigenvalue weighted by atomic mass is 19.1. The van der Waals surface area contributed by atoms with Crippen LogP contribution in [0.1, 0.15) is 36.5 Å². The van der Waals surface area contributed by atoms with E-state index in [4.69, 9.17) is 4.74 Å². The van der Waals surface area contributed by atoms with Crippen molar-refractivity contribution in [2.24, 2.45) is 0 Å². The number of nitrogens with zero attached hydrogens (tertiary/aromatic N) is 1. The van der Waals surface area contributed by atoms with Crippen LogP contribution >= 0.6 is 0 Å². The molecule has 1 rings (SSSR count). The maximum atomic E-state index is 13.2. The number of carbonyl (C=O) groups excluding carboxylic acids is 1. The molecule has 1 heterocycles. The number of unbranched alkanes of at least 4 members (excludes halogenated alkanes) is 2. The third-order valence-electron chi connectivity index (χ3n) is 2.75. The molecule has 1 aromatic heterocycles. The van der Waals surface area contributed by atoms with Gasteiger partial charge in [0.2, 0.25) is 0 Å². The fraction of sp³-hybridized carbons (Fsp3) is 0.571. The summed E-state index contributed by atoms with van der Waals surface area (Å²) in [7, 11) is 1.67. The highest BCUT2D eigenvalue weighted by Gasteiger charge is 2.13. The molecule has 0 atom stereocenters. The Morgan fingerprint density at radius 2 is 2.20 bits per heavy atom. The number of nitrogens with one attached hydrogen (secondary N) is 2. The minimum Gasteiger partial charge on any atom is -0.385 e. The van der Waals surface area contributed by atoms with Gasteiger partial charge in [-0.1, -0.05) is 0 Å². The second-order valence-corrected chi connectivity index (χ2v) is 4.39. The number of methoxy groups -OCH3 is 1. The summed E-state index contributed by atoms with van der Waals surface area (Å²) in [6, 6.07) is 1.20. The number of aromatic nitrogens is 1. The lowest BCUT2D eigenvalue weighted by atomic mass is 10.2. The molecule has 5 nitrogen and oxygen atoms in total. The van der Waals surface area contributed by atoms with Crippen LogP contribution in [0.4, 0.5) is 10.2 Å². The second-order valence-electron chi connectivity index (χ2n) is 4.39. The number of ether oxygens (including phenoxy) is 1. The average molecular weight is 283 g/mol. The van der Waals surface area contributed by atoms with Gasteiger partial charge in [0, 0.05) is 26.8 Å². The number of halogens is 1. The normalized spacial score (nSPS) is 10.3. The molecule has 2 N–H and O–H groups in total. The molecule has 0 fully saturated rings. The lowest BCUT2D eigenvalue weighted by molar-refractivity contribution is 0.0952. The molecular formula is C14H22FN3O2. The van der Waals surface area contributed by atoms with Crippen molar-refractivity contribution in [3.8, 4) is 0 Å². The van der Waals surface area contributed by atoms with E-state index in [1.165, 1.54) is 6.07 Å². The topological polar surface area (TPSA) is 63.2 Å². The van der Waals surface area contributed by atoms with Crippen molar-refractivity contribution in [1.29, 1.82) is 0 Å². The van der Waals surface area contributed by atoms with E-state index < -0.39 is 5.82 Å². The number of anilines is 1. The zero-order valence-corrected chi connectivity index (χ0v) is 12.0. The van der Waals surface area contributed by atoms with Crippen LogP contribution in [0.25, 0.3) is 0 Å². The molecular weight excluding hydrogens is 261 g/mol. The maximum absolute atomic E-state index is 13.2. The third kappa shape index (κ3) is 5.52. The van der Waals surface area contributed by atoms with Crippen molar-refractivity contribution in [3.05, 3.63) is 23.6 Å². The molecule has 0 unspecified atom stereocenters. The Morgan fingerprint density at radius 3 is 2.90 bits per heavy atom. The van der Waals surface area contributed by atoms with Gasteiger partial charge in [-0.05, 0) is 32.3 Å². The summed E-state index contributed by atoms with van der Waals surface area (Å²) < 4.78 is 18.1. The van der Waals surface area contributed by atoms with E-state index in [-0.39, 0.29) is 11.5 Å². The van der Waals surface area contributed by atoms with Gasteiger partial charge in [0.05, 0.1) is 11.8 Å². The lowest BCUT2D eigenvalue weighted by Crippen LogP contribution is -2.26. The molecule has 0 spiro atoms. The van der Waals surface area contributed by atoms with Crippen LogP contribution in [-0.2, 0) is 4.74 Å². The van der Waals surface area contributed by atoms with Crippen LogP contribution in [-0.4, -0.2) is 37.7 Å². The van der Waals surface area contributed by atoms with Crippen molar-refractivity contribution < 1.29 is 13.9 Å². The van der Waals surface area contributed by atoms with Gasteiger partial charge in [0.15, 0.2) is 0 Å². The highest BCUT2D eigenvalue weighted by Crippen LogP contribution is 2.13. The van der Waals surface area contributed by atoms with Gasteiger partial charge in [-0.25, -0.2) is 9.37 Å². The molecule has 112 valence electrons. The molecule has 0 aliphatic rings. The Morgan fingerprint density at radius 1 is 1.40 bits per heavy atom. The molecule has 0 saturated carbocycles. The molecule has 6 heteroatoms. The third-order valence-corrected chi connectivity index (χ3v) is 2.75. The molecule has 0 aliphatic heterocycles. The summed E-state index contributed by atoms with van der Waals surface area (Å²) in [6.45, 7) is 3.80. The summed E-state index contributed by atoms with van der Waals surface area (Å²) in [5, 5.41) is 5.72. The number of carbonyl (C=O) groups is 1. The molecule has 1 aromatic rings. The van der Waals surface area contributed by atoms with Crippen molar-refractivity contribution >= 4 is 11.7 Å². The van der Waals surface area contributed by atoms with Crippen molar-refractivity contribution in [2.75, 3.05) is 32.1 Å². The summed E-state index contributed by atoms with van der Waals surface area (Å²) >= 11 is 0. The fourth-order valence-electron chi connectivity index (χ4n) is 1.77. The molecule has 0 aliphatic carbocycles. The van der Waals surface area contributed by atoms with Crippen LogP contribution in [0.2, 0.25) is 0 Å². The van der Waals surface area contributed by atoms with E-state index in [1.54, 1.807) is 7.11 Å². The van der Waals surface area contributed by atoms with Gasteiger partial charge in [0.25, 0.3) is 5.91 Å². The van der Waals surface area contributed by atoms with E-state index in [1.807, 2.05) is 6.92 Å². The molecule has 0 bridgehead atoms. The van der Waals surface area contributed by atoms with E-state index in [2.05, 4.69) is 15.6 Å². The Hall–Kier alpha value is -1.69. The van der Waals surface area contributed by atoms with Crippen molar-refractivity contribution in [3.63, 3.8) is 0 Å². The summed E-state index contributed by atoms with van der Waals surface area (Å²) in [5.74, 6) is -0.414. The minimum absolute atomic E-state index is 0.240. The Bertz CT molecular complexity index is 427. The van der Waals surface area contributed by atoms with Crippen LogP contribution in [0.3, 0.4) is 0 Å². The smallest absolute Gasteiger partial charge is 0.255 e. The maximum Gasteiger partial charge on any atom is 0.255 e. The summed E-state index contributed by atoms with van der Waals surface area (Å²) in [4.78, 5) is 15.9. The Balaban J connectivity index is 2.47. The number of hydrogen-bond acceptors (Lipinski definition) is 4. The van der Waals surface area contributed by atoms with E-state index >= 15 is 0 Å². The number of amides is 1. The molecule has 1 amide bonds. The van der Waals surface area contributed by atoms with Gasteiger partial charge in [-0.15, -0.1) is 0 Å². The van der Waals surface area contributed by atoms with Crippen LogP contribution < -0.4 is 10.6 Å². The van der Waals surface area contributed by atoms with E-state index in [9.17, 15) is 9.18 Å². The Labute approximate surface area is 118 Å². The van der Waals surface area contributed by atoms with Gasteiger partial charge in [0.1, 0.15) is 11.6 Å². The number of hydrogen-bond donors (Lipinski definition) is 2. The highest BCUT2D eigenvalue weighted by molar-refractivity contribution is 5.98. The molecule has 0 aromatic carbocycles. The van der Waals surface area contributed by atoms with E-state index in [0.29, 0.717) is 18.9 Å². The first-order chi connectivity index (χ1) is 9.69. The summed E-state index contributed by atoms with van der Waals surface area (Å²) in [6.07, 6.45) is 3.92. The zero-order valence-electron chi connectivity index (χ0n) is 12.0. The molecule has 0 radical (unpaired) electrons. The van der Waals surface area contributed by atoms with Gasteiger partial charge in [-0.2, -0.15) is 0 Å². The quantitative estimate of drug-likeness (QED) is 0.682. The van der Waals surface area contributed by atoms with E-state index in [0.717, 1.165) is 32.1 Å². The summed E-state index contributed by atoms with van der Waals surface area (Å²) in [5.41, 5.74) is 0.240. The molecule has 20 heavy (non-hydrogen) atoms. The number of pyridine rings is 1. The van der Waals surface area contributed by atoms with Gasteiger partial charge < -0.3 is 15.4 Å². The van der Waals surface area contributed by atoms with Crippen molar-refractivity contribution in [1.82, 2.24) is 10.3 Å². The van der Waals surface area contributed by atoms with Crippen molar-refractivity contribution in [2.45, 2.75) is 26.2 Å².